The molecule has 0 aromatic heterocycles. The van der Waals surface area contributed by atoms with Crippen LogP contribution in [0.25, 0.3) is 6.08 Å². The van der Waals surface area contributed by atoms with Crippen molar-refractivity contribution < 1.29 is 19.2 Å². The van der Waals surface area contributed by atoms with E-state index in [9.17, 15) is 20.2 Å². The molecule has 154 valence electrons. The molecule has 1 saturated heterocycles. The fourth-order valence-corrected chi connectivity index (χ4v) is 3.02. The predicted molar refractivity (Wildman–Crippen MR) is 109 cm³/mol. The minimum atomic E-state index is -0.460. The van der Waals surface area contributed by atoms with Gasteiger partial charge in [-0.2, -0.15) is 5.26 Å². The van der Waals surface area contributed by atoms with Gasteiger partial charge in [-0.05, 0) is 42.7 Å². The van der Waals surface area contributed by atoms with Crippen LogP contribution in [0.5, 0.6) is 5.75 Å². The number of ether oxygens (including phenoxy) is 2. The average molecular weight is 407 g/mol. The highest BCUT2D eigenvalue weighted by Gasteiger charge is 2.18. The van der Waals surface area contributed by atoms with Crippen LogP contribution in [0.1, 0.15) is 24.0 Å². The van der Waals surface area contributed by atoms with Crippen LogP contribution in [0.2, 0.25) is 0 Å². The Morgan fingerprint density at radius 3 is 2.73 bits per heavy atom. The Morgan fingerprint density at radius 2 is 2.07 bits per heavy atom. The molecule has 8 nitrogen and oxygen atoms in total. The van der Waals surface area contributed by atoms with E-state index >= 15 is 0 Å². The fourth-order valence-electron chi connectivity index (χ4n) is 3.02. The molecule has 1 atom stereocenters. The molecule has 1 aliphatic heterocycles. The van der Waals surface area contributed by atoms with Crippen LogP contribution >= 0.6 is 0 Å². The van der Waals surface area contributed by atoms with Gasteiger partial charge in [0.25, 0.3) is 11.6 Å². The average Bonchev–Trinajstić information content (AvgIpc) is 3.29. The van der Waals surface area contributed by atoms with Gasteiger partial charge in [0.1, 0.15) is 24.0 Å². The molecule has 1 amide bonds. The zero-order valence-electron chi connectivity index (χ0n) is 16.2. The van der Waals surface area contributed by atoms with E-state index in [-0.39, 0.29) is 24.0 Å². The van der Waals surface area contributed by atoms with Crippen molar-refractivity contribution in [3.63, 3.8) is 0 Å². The third-order valence-electron chi connectivity index (χ3n) is 4.64. The molecule has 0 bridgehead atoms. The Labute approximate surface area is 173 Å². The highest BCUT2D eigenvalue weighted by Crippen LogP contribution is 2.23. The zero-order valence-corrected chi connectivity index (χ0v) is 16.2. The molecule has 0 radical (unpaired) electrons. The first kappa shape index (κ1) is 21.0. The number of carbonyl (C=O) groups is 1. The first-order valence-corrected chi connectivity index (χ1v) is 9.53. The summed E-state index contributed by atoms with van der Waals surface area (Å²) in [7, 11) is 0. The summed E-state index contributed by atoms with van der Waals surface area (Å²) in [5.74, 6) is 0.0358. The monoisotopic (exact) mass is 407 g/mol. The third-order valence-corrected chi connectivity index (χ3v) is 4.64. The summed E-state index contributed by atoms with van der Waals surface area (Å²) in [6, 6.07) is 15.0. The standard InChI is InChI=1S/C22H21N3O5/c23-13-18(22(26)24-14-20-5-3-11-29-20)12-17-4-1-2-6-21(17)30-15-16-7-9-19(10-8-16)25(27)28/h1-2,4,6-10,12,20H,3,5,11,14-15H2,(H,24,26)/b18-12+. The number of nitrogens with zero attached hydrogens (tertiary/aromatic N) is 2. The highest BCUT2D eigenvalue weighted by atomic mass is 16.6. The fraction of sp³-hybridized carbons (Fsp3) is 0.273. The lowest BCUT2D eigenvalue weighted by molar-refractivity contribution is -0.384. The summed E-state index contributed by atoms with van der Waals surface area (Å²) in [6.45, 7) is 1.26. The molecule has 1 N–H and O–H groups in total. The Balaban J connectivity index is 1.67. The molecule has 0 saturated carbocycles. The van der Waals surface area contributed by atoms with Crippen LogP contribution in [0.15, 0.2) is 54.1 Å². The number of para-hydroxylation sites is 1. The summed E-state index contributed by atoms with van der Waals surface area (Å²) < 4.78 is 11.3. The number of benzene rings is 2. The Morgan fingerprint density at radius 1 is 1.30 bits per heavy atom. The molecular formula is C22H21N3O5. The molecule has 1 aliphatic rings. The van der Waals surface area contributed by atoms with E-state index in [0.717, 1.165) is 18.4 Å². The minimum Gasteiger partial charge on any atom is -0.488 e. The Bertz CT molecular complexity index is 973. The molecule has 2 aromatic carbocycles. The van der Waals surface area contributed by atoms with Crippen molar-refractivity contribution in [2.24, 2.45) is 0 Å². The molecule has 1 unspecified atom stereocenters. The number of carbonyl (C=O) groups excluding carboxylic acids is 1. The first-order chi connectivity index (χ1) is 14.6. The Kier molecular flexibility index (Phi) is 7.14. The van der Waals surface area contributed by atoms with Crippen molar-refractivity contribution in [2.45, 2.75) is 25.6 Å². The number of nitro benzene ring substituents is 1. The lowest BCUT2D eigenvalue weighted by atomic mass is 10.1. The number of hydrogen-bond donors (Lipinski definition) is 1. The molecule has 2 aromatic rings. The van der Waals surface area contributed by atoms with Crippen molar-refractivity contribution in [2.75, 3.05) is 13.2 Å². The normalized spacial score (nSPS) is 16.0. The molecule has 30 heavy (non-hydrogen) atoms. The number of non-ortho nitro benzene ring substituents is 1. The topological polar surface area (TPSA) is 114 Å². The number of nitriles is 1. The van der Waals surface area contributed by atoms with Gasteiger partial charge in [0.05, 0.1) is 11.0 Å². The van der Waals surface area contributed by atoms with Crippen LogP contribution in [-0.4, -0.2) is 30.1 Å². The molecule has 0 aliphatic carbocycles. The quantitative estimate of drug-likeness (QED) is 0.310. The van der Waals surface area contributed by atoms with E-state index < -0.39 is 10.8 Å². The Hall–Kier alpha value is -3.70. The van der Waals surface area contributed by atoms with Gasteiger partial charge < -0.3 is 14.8 Å². The SMILES string of the molecule is N#C/C(=C\c1ccccc1OCc1ccc([N+](=O)[O-])cc1)C(=O)NCC1CCCO1. The second kappa shape index (κ2) is 10.2. The molecule has 0 spiro atoms. The van der Waals surface area contributed by atoms with E-state index in [0.29, 0.717) is 24.5 Å². The molecule has 1 fully saturated rings. The second-order valence-corrected chi connectivity index (χ2v) is 6.76. The van der Waals surface area contributed by atoms with Crippen molar-refractivity contribution in [1.29, 1.82) is 5.26 Å². The number of amides is 1. The van der Waals surface area contributed by atoms with Gasteiger partial charge in [-0.3, -0.25) is 14.9 Å². The smallest absolute Gasteiger partial charge is 0.269 e. The van der Waals surface area contributed by atoms with Gasteiger partial charge in [0.15, 0.2) is 0 Å². The maximum atomic E-state index is 12.4. The number of hydrogen-bond acceptors (Lipinski definition) is 6. The van der Waals surface area contributed by atoms with Crippen LogP contribution in [0.3, 0.4) is 0 Å². The van der Waals surface area contributed by atoms with E-state index in [1.54, 1.807) is 36.4 Å². The summed E-state index contributed by atoms with van der Waals surface area (Å²) in [5, 5.41) is 22.9. The molecular weight excluding hydrogens is 386 g/mol. The molecule has 3 rings (SSSR count). The van der Waals surface area contributed by atoms with Crippen LogP contribution in [0.4, 0.5) is 5.69 Å². The van der Waals surface area contributed by atoms with E-state index in [1.807, 2.05) is 6.07 Å². The van der Waals surface area contributed by atoms with Gasteiger partial charge in [0.2, 0.25) is 0 Å². The summed E-state index contributed by atoms with van der Waals surface area (Å²) in [5.41, 5.74) is 1.33. The third kappa shape index (κ3) is 5.65. The van der Waals surface area contributed by atoms with Crippen molar-refractivity contribution in [3.05, 3.63) is 75.3 Å². The van der Waals surface area contributed by atoms with Crippen molar-refractivity contribution >= 4 is 17.7 Å². The van der Waals surface area contributed by atoms with Crippen molar-refractivity contribution in [1.82, 2.24) is 5.32 Å². The zero-order chi connectivity index (χ0) is 21.3. The van der Waals surface area contributed by atoms with Crippen molar-refractivity contribution in [3.8, 4) is 11.8 Å². The van der Waals surface area contributed by atoms with Crippen LogP contribution < -0.4 is 10.1 Å². The summed E-state index contributed by atoms with van der Waals surface area (Å²) in [6.07, 6.45) is 3.34. The highest BCUT2D eigenvalue weighted by molar-refractivity contribution is 6.02. The lowest BCUT2D eigenvalue weighted by Gasteiger charge is -2.11. The second-order valence-electron chi connectivity index (χ2n) is 6.76. The first-order valence-electron chi connectivity index (χ1n) is 9.53. The van der Waals surface area contributed by atoms with Gasteiger partial charge >= 0.3 is 0 Å². The number of nitrogens with one attached hydrogen (secondary N) is 1. The van der Waals surface area contributed by atoms with Gasteiger partial charge in [-0.15, -0.1) is 0 Å². The largest absolute Gasteiger partial charge is 0.488 e. The summed E-state index contributed by atoms with van der Waals surface area (Å²) >= 11 is 0. The maximum Gasteiger partial charge on any atom is 0.269 e. The minimum absolute atomic E-state index is 0.00814. The maximum absolute atomic E-state index is 12.4. The summed E-state index contributed by atoms with van der Waals surface area (Å²) in [4.78, 5) is 22.6. The van der Waals surface area contributed by atoms with Crippen LogP contribution in [-0.2, 0) is 16.1 Å². The number of nitro groups is 1. The lowest BCUT2D eigenvalue weighted by Crippen LogP contribution is -2.32. The van der Waals surface area contributed by atoms with E-state index in [2.05, 4.69) is 5.32 Å². The van der Waals surface area contributed by atoms with Gasteiger partial charge in [-0.25, -0.2) is 0 Å². The molecule has 1 heterocycles. The molecule has 8 heteroatoms. The van der Waals surface area contributed by atoms with Gasteiger partial charge in [0, 0.05) is 30.8 Å². The van der Waals surface area contributed by atoms with E-state index in [4.69, 9.17) is 9.47 Å². The van der Waals surface area contributed by atoms with E-state index in [1.165, 1.54) is 18.2 Å². The predicted octanol–water partition coefficient (Wildman–Crippen LogP) is 3.38. The van der Waals surface area contributed by atoms with Crippen LogP contribution in [0, 0.1) is 21.4 Å². The van der Waals surface area contributed by atoms with Gasteiger partial charge in [-0.1, -0.05) is 18.2 Å². The number of rotatable bonds is 8.